The Morgan fingerprint density at radius 2 is 1.91 bits per heavy atom. The van der Waals surface area contributed by atoms with Crippen molar-refractivity contribution >= 4 is 40.4 Å². The summed E-state index contributed by atoms with van der Waals surface area (Å²) in [4.78, 5) is 27.3. The van der Waals surface area contributed by atoms with Gasteiger partial charge in [-0.05, 0) is 68.3 Å². The standard InChI is InChI=1S/C23H23ClN4O3S/c1-2-31-19-11-5-15(6-12-19)23(30)28-13-3-4-16(14-28)21-26-27-22(32-21)20(29)25-18-9-7-17(24)8-10-18/h5-12,16H,2-4,13-14H2,1H3,(H,25,29)/t16-/m1/s1. The highest BCUT2D eigenvalue weighted by atomic mass is 35.5. The van der Waals surface area contributed by atoms with E-state index in [1.807, 2.05) is 24.0 Å². The van der Waals surface area contributed by atoms with Crippen molar-refractivity contribution in [3.05, 3.63) is 69.1 Å². The Kier molecular flexibility index (Phi) is 7.02. The minimum absolute atomic E-state index is 0.0111. The number of anilines is 1. The number of carbonyl (C=O) groups excluding carboxylic acids is 2. The van der Waals surface area contributed by atoms with Crippen molar-refractivity contribution in [3.63, 3.8) is 0 Å². The van der Waals surface area contributed by atoms with Gasteiger partial charge in [-0.1, -0.05) is 22.9 Å². The molecule has 1 aliphatic heterocycles. The minimum atomic E-state index is -0.311. The van der Waals surface area contributed by atoms with Crippen molar-refractivity contribution in [3.8, 4) is 5.75 Å². The quantitative estimate of drug-likeness (QED) is 0.556. The monoisotopic (exact) mass is 470 g/mol. The number of piperidine rings is 1. The van der Waals surface area contributed by atoms with E-state index in [-0.39, 0.29) is 17.7 Å². The molecule has 0 radical (unpaired) electrons. The summed E-state index contributed by atoms with van der Waals surface area (Å²) in [6, 6.07) is 14.1. The number of likely N-dealkylation sites (tertiary alicyclic amines) is 1. The second-order valence-electron chi connectivity index (χ2n) is 7.45. The van der Waals surface area contributed by atoms with Gasteiger partial charge in [-0.2, -0.15) is 0 Å². The van der Waals surface area contributed by atoms with Crippen molar-refractivity contribution in [2.75, 3.05) is 25.0 Å². The molecule has 32 heavy (non-hydrogen) atoms. The highest BCUT2D eigenvalue weighted by molar-refractivity contribution is 7.13. The van der Waals surface area contributed by atoms with Crippen molar-refractivity contribution in [2.45, 2.75) is 25.7 Å². The second-order valence-corrected chi connectivity index (χ2v) is 8.90. The lowest BCUT2D eigenvalue weighted by molar-refractivity contribution is 0.0706. The molecule has 166 valence electrons. The topological polar surface area (TPSA) is 84.4 Å². The average molecular weight is 471 g/mol. The summed E-state index contributed by atoms with van der Waals surface area (Å²) in [5.74, 6) is 0.487. The van der Waals surface area contributed by atoms with Gasteiger partial charge in [0, 0.05) is 35.3 Å². The molecular formula is C23H23ClN4O3S. The number of ether oxygens (including phenoxy) is 1. The van der Waals surface area contributed by atoms with Crippen molar-refractivity contribution in [2.24, 2.45) is 0 Å². The van der Waals surface area contributed by atoms with Gasteiger partial charge in [0.05, 0.1) is 6.61 Å². The lowest BCUT2D eigenvalue weighted by Gasteiger charge is -2.31. The summed E-state index contributed by atoms with van der Waals surface area (Å²) in [5.41, 5.74) is 1.27. The third-order valence-electron chi connectivity index (χ3n) is 5.21. The smallest absolute Gasteiger partial charge is 0.286 e. The van der Waals surface area contributed by atoms with Crippen LogP contribution in [0.5, 0.6) is 5.75 Å². The molecule has 0 aliphatic carbocycles. The summed E-state index contributed by atoms with van der Waals surface area (Å²) < 4.78 is 5.45. The lowest BCUT2D eigenvalue weighted by atomic mass is 9.98. The molecule has 4 rings (SSSR count). The van der Waals surface area contributed by atoms with E-state index < -0.39 is 0 Å². The van der Waals surface area contributed by atoms with E-state index in [0.717, 1.165) is 23.6 Å². The van der Waals surface area contributed by atoms with Gasteiger partial charge in [0.15, 0.2) is 0 Å². The maximum absolute atomic E-state index is 13.0. The van der Waals surface area contributed by atoms with E-state index in [0.29, 0.717) is 41.0 Å². The molecule has 2 amide bonds. The van der Waals surface area contributed by atoms with Crippen LogP contribution in [0.25, 0.3) is 0 Å². The predicted octanol–water partition coefficient (Wildman–Crippen LogP) is 4.86. The molecule has 0 unspecified atom stereocenters. The Bertz CT molecular complexity index is 1090. The number of aromatic nitrogens is 2. The summed E-state index contributed by atoms with van der Waals surface area (Å²) in [6.07, 6.45) is 1.78. The number of hydrogen-bond acceptors (Lipinski definition) is 6. The first kappa shape index (κ1) is 22.2. The zero-order valence-corrected chi connectivity index (χ0v) is 19.2. The van der Waals surface area contributed by atoms with Gasteiger partial charge in [-0.25, -0.2) is 0 Å². The Hall–Kier alpha value is -2.97. The van der Waals surface area contributed by atoms with E-state index in [2.05, 4.69) is 15.5 Å². The fraction of sp³-hybridized carbons (Fsp3) is 0.304. The normalized spacial score (nSPS) is 15.9. The van der Waals surface area contributed by atoms with Crippen LogP contribution >= 0.6 is 22.9 Å². The Labute approximate surface area is 195 Å². The molecule has 1 saturated heterocycles. The highest BCUT2D eigenvalue weighted by Gasteiger charge is 2.28. The molecule has 3 aromatic rings. The molecule has 7 nitrogen and oxygen atoms in total. The molecule has 2 aromatic carbocycles. The first-order valence-electron chi connectivity index (χ1n) is 10.5. The van der Waals surface area contributed by atoms with E-state index in [1.165, 1.54) is 11.3 Å². The van der Waals surface area contributed by atoms with Crippen LogP contribution in [0.2, 0.25) is 5.02 Å². The summed E-state index contributed by atoms with van der Waals surface area (Å²) >= 11 is 7.15. The van der Waals surface area contributed by atoms with Crippen LogP contribution in [-0.4, -0.2) is 46.6 Å². The van der Waals surface area contributed by atoms with Crippen molar-refractivity contribution in [1.29, 1.82) is 0 Å². The molecular weight excluding hydrogens is 448 g/mol. The Morgan fingerprint density at radius 1 is 1.16 bits per heavy atom. The molecule has 9 heteroatoms. The molecule has 0 saturated carbocycles. The molecule has 0 bridgehead atoms. The van der Waals surface area contributed by atoms with Gasteiger partial charge in [-0.15, -0.1) is 10.2 Å². The van der Waals surface area contributed by atoms with E-state index >= 15 is 0 Å². The van der Waals surface area contributed by atoms with Crippen LogP contribution in [0.3, 0.4) is 0 Å². The fourth-order valence-corrected chi connectivity index (χ4v) is 4.61. The van der Waals surface area contributed by atoms with Crippen LogP contribution in [-0.2, 0) is 0 Å². The molecule has 1 atom stereocenters. The molecule has 1 aliphatic rings. The number of amides is 2. The average Bonchev–Trinajstić information content (AvgIpc) is 3.32. The largest absolute Gasteiger partial charge is 0.494 e. The van der Waals surface area contributed by atoms with Crippen LogP contribution in [0, 0.1) is 0 Å². The van der Waals surface area contributed by atoms with Crippen LogP contribution in [0.1, 0.15) is 50.9 Å². The predicted molar refractivity (Wildman–Crippen MR) is 125 cm³/mol. The van der Waals surface area contributed by atoms with E-state index in [9.17, 15) is 9.59 Å². The third-order valence-corrected chi connectivity index (χ3v) is 6.54. The molecule has 2 heterocycles. The first-order valence-corrected chi connectivity index (χ1v) is 11.7. The highest BCUT2D eigenvalue weighted by Crippen LogP contribution is 2.30. The minimum Gasteiger partial charge on any atom is -0.494 e. The number of hydrogen-bond donors (Lipinski definition) is 1. The number of nitrogens with zero attached hydrogens (tertiary/aromatic N) is 3. The number of benzene rings is 2. The second kappa shape index (κ2) is 10.1. The fourth-order valence-electron chi connectivity index (χ4n) is 3.62. The van der Waals surface area contributed by atoms with Gasteiger partial charge in [0.2, 0.25) is 5.01 Å². The Balaban J connectivity index is 1.40. The van der Waals surface area contributed by atoms with Crippen LogP contribution < -0.4 is 10.1 Å². The number of carbonyl (C=O) groups is 2. The molecule has 0 spiro atoms. The lowest BCUT2D eigenvalue weighted by Crippen LogP contribution is -2.39. The van der Waals surface area contributed by atoms with Gasteiger partial charge in [-0.3, -0.25) is 9.59 Å². The Morgan fingerprint density at radius 3 is 2.62 bits per heavy atom. The van der Waals surface area contributed by atoms with E-state index in [4.69, 9.17) is 16.3 Å². The molecule has 1 aromatic heterocycles. The number of nitrogens with one attached hydrogen (secondary N) is 1. The van der Waals surface area contributed by atoms with Crippen LogP contribution in [0.15, 0.2) is 48.5 Å². The third kappa shape index (κ3) is 5.26. The van der Waals surface area contributed by atoms with Crippen molar-refractivity contribution < 1.29 is 14.3 Å². The zero-order chi connectivity index (χ0) is 22.5. The maximum Gasteiger partial charge on any atom is 0.286 e. The summed E-state index contributed by atoms with van der Waals surface area (Å²) in [6.45, 7) is 3.76. The molecule has 1 fully saturated rings. The van der Waals surface area contributed by atoms with Crippen LogP contribution in [0.4, 0.5) is 5.69 Å². The van der Waals surface area contributed by atoms with Gasteiger partial charge in [0.25, 0.3) is 11.8 Å². The zero-order valence-electron chi connectivity index (χ0n) is 17.6. The maximum atomic E-state index is 13.0. The molecule has 1 N–H and O–H groups in total. The summed E-state index contributed by atoms with van der Waals surface area (Å²) in [7, 11) is 0. The SMILES string of the molecule is CCOc1ccc(C(=O)N2CCC[C@@H](c3nnc(C(=O)Nc4ccc(Cl)cc4)s3)C2)cc1. The van der Waals surface area contributed by atoms with Gasteiger partial charge >= 0.3 is 0 Å². The van der Waals surface area contributed by atoms with E-state index in [1.54, 1.807) is 36.4 Å². The van der Waals surface area contributed by atoms with Gasteiger partial charge < -0.3 is 15.0 Å². The van der Waals surface area contributed by atoms with Crippen molar-refractivity contribution in [1.82, 2.24) is 15.1 Å². The first-order chi connectivity index (χ1) is 15.5. The number of halogens is 1. The number of rotatable bonds is 6. The van der Waals surface area contributed by atoms with Gasteiger partial charge in [0.1, 0.15) is 10.8 Å². The summed E-state index contributed by atoms with van der Waals surface area (Å²) in [5, 5.41) is 12.8.